The molecule has 1 fully saturated rings. The van der Waals surface area contributed by atoms with Gasteiger partial charge in [0.15, 0.2) is 0 Å². The number of carbonyl (C=O) groups is 3. The number of methoxy groups -OCH3 is 1. The highest BCUT2D eigenvalue weighted by Gasteiger charge is 2.44. The number of hydrogen-bond acceptors (Lipinski definition) is 5. The summed E-state index contributed by atoms with van der Waals surface area (Å²) in [5.74, 6) is -0.910. The largest absolute Gasteiger partial charge is 0.467 e. The van der Waals surface area contributed by atoms with Crippen LogP contribution in [0.2, 0.25) is 0 Å². The Labute approximate surface area is 131 Å². The van der Waals surface area contributed by atoms with E-state index in [9.17, 15) is 14.4 Å². The van der Waals surface area contributed by atoms with Gasteiger partial charge in [-0.05, 0) is 40.5 Å². The average molecular weight is 314 g/mol. The van der Waals surface area contributed by atoms with Crippen LogP contribution >= 0.6 is 0 Å². The molecule has 0 aliphatic heterocycles. The van der Waals surface area contributed by atoms with Gasteiger partial charge >= 0.3 is 12.1 Å². The van der Waals surface area contributed by atoms with Crippen LogP contribution in [-0.4, -0.2) is 42.3 Å². The van der Waals surface area contributed by atoms with Gasteiger partial charge in [-0.1, -0.05) is 12.8 Å². The molecule has 0 aromatic rings. The molecule has 0 saturated heterocycles. The maximum Gasteiger partial charge on any atom is 0.408 e. The summed E-state index contributed by atoms with van der Waals surface area (Å²) < 4.78 is 9.82. The number of carbonyl (C=O) groups excluding carboxylic acids is 3. The Bertz CT molecular complexity index is 436. The first-order chi connectivity index (χ1) is 10.1. The Hall–Kier alpha value is -1.79. The molecule has 1 rings (SSSR count). The number of rotatable bonds is 4. The summed E-state index contributed by atoms with van der Waals surface area (Å²) in [6.07, 6.45) is 2.07. The smallest absolute Gasteiger partial charge is 0.408 e. The van der Waals surface area contributed by atoms with E-state index in [1.807, 2.05) is 0 Å². The molecule has 22 heavy (non-hydrogen) atoms. The van der Waals surface area contributed by atoms with Gasteiger partial charge in [-0.15, -0.1) is 0 Å². The second-order valence-electron chi connectivity index (χ2n) is 6.63. The minimum atomic E-state index is -1.02. The van der Waals surface area contributed by atoms with Crippen LogP contribution in [-0.2, 0) is 19.1 Å². The third-order valence-corrected chi connectivity index (χ3v) is 3.53. The van der Waals surface area contributed by atoms with Crippen molar-refractivity contribution in [2.75, 3.05) is 7.11 Å². The van der Waals surface area contributed by atoms with Crippen molar-refractivity contribution in [3.8, 4) is 0 Å². The molecule has 1 aliphatic rings. The van der Waals surface area contributed by atoms with E-state index >= 15 is 0 Å². The van der Waals surface area contributed by atoms with Crippen molar-refractivity contribution in [2.24, 2.45) is 0 Å². The fraction of sp³-hybridized carbons (Fsp3) is 0.800. The number of nitrogens with one attached hydrogen (secondary N) is 2. The van der Waals surface area contributed by atoms with Crippen LogP contribution in [0.1, 0.15) is 53.4 Å². The molecule has 0 aromatic heterocycles. The van der Waals surface area contributed by atoms with E-state index in [1.54, 1.807) is 27.7 Å². The lowest BCUT2D eigenvalue weighted by atomic mass is 9.96. The molecule has 0 bridgehead atoms. The predicted octanol–water partition coefficient (Wildman–Crippen LogP) is 1.50. The highest BCUT2D eigenvalue weighted by Crippen LogP contribution is 2.30. The molecule has 1 atom stereocenters. The standard InChI is InChI=1S/C15H26N2O5/c1-10(11(18)21-5)16-12(19)15(8-6-7-9-15)17-13(20)22-14(2,3)4/h10H,6-9H2,1-5H3,(H,16,19)(H,17,20). The molecule has 1 saturated carbocycles. The lowest BCUT2D eigenvalue weighted by Crippen LogP contribution is -2.60. The number of esters is 1. The molecule has 7 heteroatoms. The molecular formula is C15H26N2O5. The second-order valence-corrected chi connectivity index (χ2v) is 6.63. The fourth-order valence-electron chi connectivity index (χ4n) is 2.46. The van der Waals surface area contributed by atoms with Crippen molar-refractivity contribution < 1.29 is 23.9 Å². The van der Waals surface area contributed by atoms with E-state index in [2.05, 4.69) is 15.4 Å². The lowest BCUT2D eigenvalue weighted by molar-refractivity contribution is -0.145. The van der Waals surface area contributed by atoms with Gasteiger partial charge in [-0.25, -0.2) is 9.59 Å². The van der Waals surface area contributed by atoms with Crippen LogP contribution in [0.25, 0.3) is 0 Å². The minimum absolute atomic E-state index is 0.381. The number of alkyl carbamates (subject to hydrolysis) is 1. The zero-order valence-corrected chi connectivity index (χ0v) is 13.9. The van der Waals surface area contributed by atoms with Crippen molar-refractivity contribution in [3.63, 3.8) is 0 Å². The quantitative estimate of drug-likeness (QED) is 0.767. The summed E-state index contributed by atoms with van der Waals surface area (Å²) in [5, 5.41) is 5.28. The van der Waals surface area contributed by atoms with Crippen LogP contribution in [0, 0.1) is 0 Å². The Morgan fingerprint density at radius 2 is 1.68 bits per heavy atom. The Morgan fingerprint density at radius 3 is 2.14 bits per heavy atom. The minimum Gasteiger partial charge on any atom is -0.467 e. The molecule has 0 spiro atoms. The van der Waals surface area contributed by atoms with E-state index in [4.69, 9.17) is 4.74 Å². The Morgan fingerprint density at radius 1 is 1.14 bits per heavy atom. The van der Waals surface area contributed by atoms with Gasteiger partial charge in [-0.2, -0.15) is 0 Å². The summed E-state index contributed by atoms with van der Waals surface area (Å²) in [6, 6.07) is -0.768. The molecular weight excluding hydrogens is 288 g/mol. The maximum absolute atomic E-state index is 12.5. The molecule has 7 nitrogen and oxygen atoms in total. The Kier molecular flexibility index (Phi) is 5.79. The topological polar surface area (TPSA) is 93.7 Å². The summed E-state index contributed by atoms with van der Waals surface area (Å²) >= 11 is 0. The van der Waals surface area contributed by atoms with Crippen LogP contribution < -0.4 is 10.6 Å². The summed E-state index contributed by atoms with van der Waals surface area (Å²) in [4.78, 5) is 35.9. The zero-order valence-electron chi connectivity index (χ0n) is 13.9. The first-order valence-electron chi connectivity index (χ1n) is 7.49. The molecule has 0 heterocycles. The number of amides is 2. The SMILES string of the molecule is COC(=O)C(C)NC(=O)C1(NC(=O)OC(C)(C)C)CCCC1. The first kappa shape index (κ1) is 18.3. The van der Waals surface area contributed by atoms with E-state index in [0.29, 0.717) is 12.8 Å². The van der Waals surface area contributed by atoms with E-state index < -0.39 is 29.2 Å². The number of ether oxygens (including phenoxy) is 2. The molecule has 126 valence electrons. The first-order valence-corrected chi connectivity index (χ1v) is 7.49. The number of hydrogen-bond donors (Lipinski definition) is 2. The molecule has 1 aliphatic carbocycles. The second kappa shape index (κ2) is 6.98. The third-order valence-electron chi connectivity index (χ3n) is 3.53. The maximum atomic E-state index is 12.5. The van der Waals surface area contributed by atoms with Crippen LogP contribution in [0.5, 0.6) is 0 Å². The highest BCUT2D eigenvalue weighted by molar-refractivity contribution is 5.93. The summed E-state index contributed by atoms with van der Waals surface area (Å²) in [5.41, 5.74) is -1.66. The van der Waals surface area contributed by atoms with Gasteiger partial charge < -0.3 is 20.1 Å². The van der Waals surface area contributed by atoms with Gasteiger partial charge in [-0.3, -0.25) is 4.79 Å². The fourth-order valence-corrected chi connectivity index (χ4v) is 2.46. The van der Waals surface area contributed by atoms with Crippen molar-refractivity contribution in [1.82, 2.24) is 10.6 Å². The molecule has 2 N–H and O–H groups in total. The third kappa shape index (κ3) is 4.89. The molecule has 2 amide bonds. The molecule has 0 radical (unpaired) electrons. The van der Waals surface area contributed by atoms with E-state index in [1.165, 1.54) is 7.11 Å². The van der Waals surface area contributed by atoms with E-state index in [0.717, 1.165) is 12.8 Å². The van der Waals surface area contributed by atoms with Gasteiger partial charge in [0.05, 0.1) is 7.11 Å². The van der Waals surface area contributed by atoms with Crippen LogP contribution in [0.4, 0.5) is 4.79 Å². The van der Waals surface area contributed by atoms with Crippen molar-refractivity contribution in [3.05, 3.63) is 0 Å². The predicted molar refractivity (Wildman–Crippen MR) is 80.2 cm³/mol. The van der Waals surface area contributed by atoms with Crippen molar-refractivity contribution in [1.29, 1.82) is 0 Å². The zero-order chi connectivity index (χ0) is 17.0. The highest BCUT2D eigenvalue weighted by atomic mass is 16.6. The van der Waals surface area contributed by atoms with Crippen LogP contribution in [0.15, 0.2) is 0 Å². The summed E-state index contributed by atoms with van der Waals surface area (Å²) in [6.45, 7) is 6.81. The molecule has 0 aromatic carbocycles. The normalized spacial score (nSPS) is 18.2. The van der Waals surface area contributed by atoms with Gasteiger partial charge in [0.1, 0.15) is 17.2 Å². The Balaban J connectivity index is 2.76. The van der Waals surface area contributed by atoms with Crippen molar-refractivity contribution in [2.45, 2.75) is 70.6 Å². The average Bonchev–Trinajstić information content (AvgIpc) is 2.84. The van der Waals surface area contributed by atoms with Gasteiger partial charge in [0.2, 0.25) is 5.91 Å². The van der Waals surface area contributed by atoms with E-state index in [-0.39, 0.29) is 5.91 Å². The van der Waals surface area contributed by atoms with Gasteiger partial charge in [0.25, 0.3) is 0 Å². The van der Waals surface area contributed by atoms with Crippen LogP contribution in [0.3, 0.4) is 0 Å². The molecule has 1 unspecified atom stereocenters. The lowest BCUT2D eigenvalue weighted by Gasteiger charge is -2.31. The van der Waals surface area contributed by atoms with Crippen molar-refractivity contribution >= 4 is 18.0 Å². The summed E-state index contributed by atoms with van der Waals surface area (Å²) in [7, 11) is 1.26. The van der Waals surface area contributed by atoms with Gasteiger partial charge in [0, 0.05) is 0 Å². The monoisotopic (exact) mass is 314 g/mol.